The molecule has 0 unspecified atom stereocenters. The van der Waals surface area contributed by atoms with Crippen molar-refractivity contribution in [3.05, 3.63) is 23.2 Å². The van der Waals surface area contributed by atoms with Crippen molar-refractivity contribution in [2.75, 3.05) is 26.2 Å². The molecule has 5 heteroatoms. The fraction of sp³-hybridized carbons (Fsp3) is 0.688. The molecule has 0 aromatic carbocycles. The smallest absolute Gasteiger partial charge is 0.255 e. The monoisotopic (exact) mass is 294 g/mol. The first-order valence-electron chi connectivity index (χ1n) is 7.81. The van der Waals surface area contributed by atoms with Crippen LogP contribution in [0.5, 0.6) is 0 Å². The van der Waals surface area contributed by atoms with Gasteiger partial charge in [0.05, 0.1) is 5.56 Å². The molecule has 1 aromatic rings. The van der Waals surface area contributed by atoms with Crippen LogP contribution in [-0.4, -0.2) is 48.2 Å². The summed E-state index contributed by atoms with van der Waals surface area (Å²) < 4.78 is 5.41. The van der Waals surface area contributed by atoms with Gasteiger partial charge in [-0.3, -0.25) is 4.79 Å². The number of amides is 1. The van der Waals surface area contributed by atoms with Crippen LogP contribution >= 0.6 is 0 Å². The third-order valence-corrected chi connectivity index (χ3v) is 4.09. The Hall–Kier alpha value is -1.33. The van der Waals surface area contributed by atoms with Crippen LogP contribution in [0, 0.1) is 13.8 Å². The second kappa shape index (κ2) is 7.61. The van der Waals surface area contributed by atoms with Crippen LogP contribution in [0.4, 0.5) is 0 Å². The Morgan fingerprint density at radius 1 is 1.38 bits per heavy atom. The highest BCUT2D eigenvalue weighted by Gasteiger charge is 2.22. The molecule has 0 spiro atoms. The average Bonchev–Trinajstić information content (AvgIpc) is 2.80. The Labute approximate surface area is 126 Å². The van der Waals surface area contributed by atoms with Gasteiger partial charge in [0.15, 0.2) is 0 Å². The summed E-state index contributed by atoms with van der Waals surface area (Å²) in [6, 6.07) is 2.05. The summed E-state index contributed by atoms with van der Waals surface area (Å²) in [5, 5.41) is 11.9. The summed E-state index contributed by atoms with van der Waals surface area (Å²) in [5.74, 6) is 1.44. The Balaban J connectivity index is 1.75. The molecule has 21 heavy (non-hydrogen) atoms. The first-order valence-corrected chi connectivity index (χ1v) is 7.81. The molecule has 1 fully saturated rings. The van der Waals surface area contributed by atoms with Gasteiger partial charge in [-0.2, -0.15) is 0 Å². The van der Waals surface area contributed by atoms with Gasteiger partial charge in [0, 0.05) is 25.7 Å². The number of piperidine rings is 1. The van der Waals surface area contributed by atoms with Crippen molar-refractivity contribution in [2.45, 2.75) is 45.6 Å². The molecule has 0 radical (unpaired) electrons. The summed E-state index contributed by atoms with van der Waals surface area (Å²) in [7, 11) is 0. The first-order chi connectivity index (χ1) is 10.1. The van der Waals surface area contributed by atoms with Crippen molar-refractivity contribution < 1.29 is 14.3 Å². The number of nitrogens with one attached hydrogen (secondary N) is 1. The normalized spacial score (nSPS) is 17.1. The summed E-state index contributed by atoms with van der Waals surface area (Å²) >= 11 is 0. The second-order valence-corrected chi connectivity index (χ2v) is 5.85. The van der Waals surface area contributed by atoms with E-state index in [0.717, 1.165) is 51.1 Å². The third kappa shape index (κ3) is 4.58. The zero-order valence-corrected chi connectivity index (χ0v) is 13.0. The number of hydrogen-bond donors (Lipinski definition) is 2. The molecule has 0 saturated carbocycles. The maximum absolute atomic E-state index is 12.2. The number of hydrogen-bond acceptors (Lipinski definition) is 4. The van der Waals surface area contributed by atoms with Crippen molar-refractivity contribution in [3.8, 4) is 0 Å². The van der Waals surface area contributed by atoms with E-state index >= 15 is 0 Å². The number of aliphatic hydroxyl groups is 1. The number of rotatable bonds is 6. The zero-order chi connectivity index (χ0) is 15.2. The van der Waals surface area contributed by atoms with Gasteiger partial charge in [0.1, 0.15) is 11.5 Å². The van der Waals surface area contributed by atoms with Gasteiger partial charge in [-0.05, 0) is 52.1 Å². The van der Waals surface area contributed by atoms with Crippen LogP contribution in [0.25, 0.3) is 0 Å². The summed E-state index contributed by atoms with van der Waals surface area (Å²) in [4.78, 5) is 14.6. The molecule has 1 amide bonds. The van der Waals surface area contributed by atoms with Crippen LogP contribution in [0.1, 0.15) is 47.6 Å². The lowest BCUT2D eigenvalue weighted by atomic mass is 10.0. The van der Waals surface area contributed by atoms with E-state index in [1.54, 1.807) is 6.07 Å². The molecule has 1 saturated heterocycles. The van der Waals surface area contributed by atoms with Crippen LogP contribution in [0.15, 0.2) is 10.5 Å². The molecule has 0 atom stereocenters. The molecule has 2 rings (SSSR count). The van der Waals surface area contributed by atoms with Gasteiger partial charge >= 0.3 is 0 Å². The van der Waals surface area contributed by atoms with Crippen LogP contribution in [-0.2, 0) is 0 Å². The Morgan fingerprint density at radius 2 is 2.10 bits per heavy atom. The van der Waals surface area contributed by atoms with E-state index in [4.69, 9.17) is 9.52 Å². The highest BCUT2D eigenvalue weighted by molar-refractivity contribution is 5.95. The summed E-state index contributed by atoms with van der Waals surface area (Å²) in [6.07, 6.45) is 3.89. The van der Waals surface area contributed by atoms with Gasteiger partial charge in [-0.1, -0.05) is 0 Å². The van der Waals surface area contributed by atoms with Crippen molar-refractivity contribution in [1.82, 2.24) is 10.2 Å². The summed E-state index contributed by atoms with van der Waals surface area (Å²) in [6.45, 7) is 7.02. The van der Waals surface area contributed by atoms with E-state index in [0.29, 0.717) is 11.3 Å². The number of furan rings is 1. The number of unbranched alkanes of at least 4 members (excludes halogenated alkanes) is 1. The van der Waals surface area contributed by atoms with Crippen LogP contribution in [0.2, 0.25) is 0 Å². The van der Waals surface area contributed by atoms with E-state index in [1.807, 2.05) is 13.8 Å². The number of aryl methyl sites for hydroxylation is 2. The van der Waals surface area contributed by atoms with E-state index in [9.17, 15) is 4.79 Å². The number of carbonyl (C=O) groups is 1. The van der Waals surface area contributed by atoms with Gasteiger partial charge in [0.25, 0.3) is 5.91 Å². The number of aliphatic hydroxyl groups excluding tert-OH is 1. The van der Waals surface area contributed by atoms with Gasteiger partial charge in [-0.25, -0.2) is 0 Å². The Kier molecular flexibility index (Phi) is 5.82. The van der Waals surface area contributed by atoms with E-state index in [1.165, 1.54) is 0 Å². The minimum atomic E-state index is -0.0249. The minimum Gasteiger partial charge on any atom is -0.466 e. The minimum absolute atomic E-state index is 0.0249. The maximum atomic E-state index is 12.2. The molecular formula is C16H26N2O3. The topological polar surface area (TPSA) is 65.7 Å². The predicted molar refractivity (Wildman–Crippen MR) is 81.4 cm³/mol. The first kappa shape index (κ1) is 16.0. The Morgan fingerprint density at radius 3 is 2.67 bits per heavy atom. The number of nitrogens with zero attached hydrogens (tertiary/aromatic N) is 1. The van der Waals surface area contributed by atoms with Crippen molar-refractivity contribution >= 4 is 5.91 Å². The van der Waals surface area contributed by atoms with Crippen molar-refractivity contribution in [1.29, 1.82) is 0 Å². The van der Waals surface area contributed by atoms with Gasteiger partial charge in [0.2, 0.25) is 0 Å². The van der Waals surface area contributed by atoms with E-state index in [2.05, 4.69) is 10.2 Å². The van der Waals surface area contributed by atoms with Gasteiger partial charge < -0.3 is 19.7 Å². The lowest BCUT2D eigenvalue weighted by Gasteiger charge is -2.32. The van der Waals surface area contributed by atoms with Gasteiger partial charge in [-0.15, -0.1) is 0 Å². The fourth-order valence-electron chi connectivity index (χ4n) is 2.87. The van der Waals surface area contributed by atoms with E-state index in [-0.39, 0.29) is 18.6 Å². The lowest BCUT2D eigenvalue weighted by molar-refractivity contribution is 0.0908. The van der Waals surface area contributed by atoms with Crippen LogP contribution in [0.3, 0.4) is 0 Å². The largest absolute Gasteiger partial charge is 0.466 e. The molecule has 118 valence electrons. The number of carbonyl (C=O) groups excluding carboxylic acids is 1. The predicted octanol–water partition coefficient (Wildman–Crippen LogP) is 1.86. The maximum Gasteiger partial charge on any atom is 0.255 e. The highest BCUT2D eigenvalue weighted by atomic mass is 16.3. The molecule has 0 aliphatic carbocycles. The fourth-order valence-corrected chi connectivity index (χ4v) is 2.87. The van der Waals surface area contributed by atoms with Crippen molar-refractivity contribution in [2.24, 2.45) is 0 Å². The molecule has 1 aliphatic heterocycles. The lowest BCUT2D eigenvalue weighted by Crippen LogP contribution is -2.44. The number of likely N-dealkylation sites (tertiary alicyclic amines) is 1. The molecular weight excluding hydrogens is 268 g/mol. The molecule has 5 nitrogen and oxygen atoms in total. The standard InChI is InChI=1S/C16H26N2O3/c1-12-11-15(13(2)21-12)16(20)17-14-5-8-18(9-6-14)7-3-4-10-19/h11,14,19H,3-10H2,1-2H3,(H,17,20). The highest BCUT2D eigenvalue weighted by Crippen LogP contribution is 2.16. The Bertz CT molecular complexity index is 462. The third-order valence-electron chi connectivity index (χ3n) is 4.09. The molecule has 1 aliphatic rings. The quantitative estimate of drug-likeness (QED) is 0.786. The average molecular weight is 294 g/mol. The van der Waals surface area contributed by atoms with E-state index < -0.39 is 0 Å². The van der Waals surface area contributed by atoms with Crippen LogP contribution < -0.4 is 5.32 Å². The van der Waals surface area contributed by atoms with Crippen molar-refractivity contribution in [3.63, 3.8) is 0 Å². The molecule has 0 bridgehead atoms. The molecule has 2 N–H and O–H groups in total. The SMILES string of the molecule is Cc1cc(C(=O)NC2CCN(CCCCO)CC2)c(C)o1. The summed E-state index contributed by atoms with van der Waals surface area (Å²) in [5.41, 5.74) is 0.651. The molecule has 1 aromatic heterocycles. The zero-order valence-electron chi connectivity index (χ0n) is 13.0. The molecule has 2 heterocycles. The second-order valence-electron chi connectivity index (χ2n) is 5.85.